The van der Waals surface area contributed by atoms with Gasteiger partial charge < -0.3 is 5.32 Å². The molecule has 4 heteroatoms. The molecule has 96 valence electrons. The summed E-state index contributed by atoms with van der Waals surface area (Å²) < 4.78 is 2.51. The van der Waals surface area contributed by atoms with Crippen LogP contribution in [-0.4, -0.2) is 6.54 Å². The Morgan fingerprint density at radius 3 is 2.83 bits per heavy atom. The molecule has 1 nitrogen and oxygen atoms in total. The maximum atomic E-state index is 3.67. The highest BCUT2D eigenvalue weighted by molar-refractivity contribution is 9.10. The Bertz CT molecular complexity index is 497. The first-order valence-electron chi connectivity index (χ1n) is 5.95. The molecule has 0 aliphatic carbocycles. The standard InChI is InChI=1S/C14H16BrNS2/c1-3-16-10(2)12-7-6-11(9-13(12)15)18-14-5-4-8-17-14/h4-10,16H,3H2,1-2H3. The van der Waals surface area contributed by atoms with Crippen molar-refractivity contribution >= 4 is 39.0 Å². The highest BCUT2D eigenvalue weighted by Gasteiger charge is 2.09. The summed E-state index contributed by atoms with van der Waals surface area (Å²) in [7, 11) is 0. The number of hydrogen-bond donors (Lipinski definition) is 1. The molecule has 1 unspecified atom stereocenters. The molecule has 0 saturated carbocycles. The minimum absolute atomic E-state index is 0.380. The number of thiophene rings is 1. The van der Waals surface area contributed by atoms with Gasteiger partial charge >= 0.3 is 0 Å². The van der Waals surface area contributed by atoms with E-state index < -0.39 is 0 Å². The third-order valence-electron chi connectivity index (χ3n) is 2.66. The zero-order chi connectivity index (χ0) is 13.0. The first-order valence-corrected chi connectivity index (χ1v) is 8.43. The van der Waals surface area contributed by atoms with E-state index in [1.165, 1.54) is 19.1 Å². The van der Waals surface area contributed by atoms with Gasteiger partial charge in [0, 0.05) is 15.4 Å². The maximum absolute atomic E-state index is 3.67. The average molecular weight is 342 g/mol. The van der Waals surface area contributed by atoms with Gasteiger partial charge in [0.05, 0.1) is 4.21 Å². The van der Waals surface area contributed by atoms with Gasteiger partial charge in [-0.15, -0.1) is 11.3 Å². The lowest BCUT2D eigenvalue weighted by Gasteiger charge is -2.15. The molecule has 1 aromatic carbocycles. The lowest BCUT2D eigenvalue weighted by molar-refractivity contribution is 0.595. The van der Waals surface area contributed by atoms with E-state index in [9.17, 15) is 0 Å². The number of rotatable bonds is 5. The van der Waals surface area contributed by atoms with Crippen LogP contribution in [0.1, 0.15) is 25.5 Å². The summed E-state index contributed by atoms with van der Waals surface area (Å²) in [5, 5.41) is 5.54. The lowest BCUT2D eigenvalue weighted by Crippen LogP contribution is -2.17. The molecule has 0 saturated heterocycles. The van der Waals surface area contributed by atoms with Crippen LogP contribution >= 0.6 is 39.0 Å². The smallest absolute Gasteiger partial charge is 0.0646 e. The Morgan fingerprint density at radius 2 is 2.22 bits per heavy atom. The number of hydrogen-bond acceptors (Lipinski definition) is 3. The van der Waals surface area contributed by atoms with Crippen molar-refractivity contribution in [3.8, 4) is 0 Å². The van der Waals surface area contributed by atoms with Crippen molar-refractivity contribution in [1.82, 2.24) is 5.32 Å². The molecule has 0 radical (unpaired) electrons. The van der Waals surface area contributed by atoms with E-state index >= 15 is 0 Å². The SMILES string of the molecule is CCNC(C)c1ccc(Sc2cccs2)cc1Br. The molecular weight excluding hydrogens is 326 g/mol. The molecule has 0 bridgehead atoms. The van der Waals surface area contributed by atoms with Crippen LogP contribution in [-0.2, 0) is 0 Å². The molecule has 0 aliphatic heterocycles. The van der Waals surface area contributed by atoms with Gasteiger partial charge in [0.2, 0.25) is 0 Å². The Balaban J connectivity index is 2.14. The zero-order valence-corrected chi connectivity index (χ0v) is 13.7. The summed E-state index contributed by atoms with van der Waals surface area (Å²) in [6.07, 6.45) is 0. The number of nitrogens with one attached hydrogen (secondary N) is 1. The van der Waals surface area contributed by atoms with Crippen LogP contribution in [0.2, 0.25) is 0 Å². The highest BCUT2D eigenvalue weighted by atomic mass is 79.9. The Kier molecular flexibility index (Phi) is 5.30. The van der Waals surface area contributed by atoms with E-state index in [0.717, 1.165) is 6.54 Å². The summed E-state index contributed by atoms with van der Waals surface area (Å²) in [6, 6.07) is 11.2. The van der Waals surface area contributed by atoms with Gasteiger partial charge in [-0.2, -0.15) is 0 Å². The molecule has 1 aromatic heterocycles. The number of halogens is 1. The van der Waals surface area contributed by atoms with E-state index in [1.807, 2.05) is 11.8 Å². The normalized spacial score (nSPS) is 12.6. The van der Waals surface area contributed by atoms with Crippen LogP contribution in [0, 0.1) is 0 Å². The zero-order valence-electron chi connectivity index (χ0n) is 10.4. The van der Waals surface area contributed by atoms with Gasteiger partial charge in [-0.3, -0.25) is 0 Å². The monoisotopic (exact) mass is 341 g/mol. The first-order chi connectivity index (χ1) is 8.70. The van der Waals surface area contributed by atoms with Crippen molar-refractivity contribution in [2.75, 3.05) is 6.54 Å². The van der Waals surface area contributed by atoms with Crippen LogP contribution in [0.15, 0.2) is 49.3 Å². The summed E-state index contributed by atoms with van der Waals surface area (Å²) in [6.45, 7) is 5.31. The quantitative estimate of drug-likeness (QED) is 0.788. The predicted octanol–water partition coefficient (Wildman–Crippen LogP) is 5.33. The Hall–Kier alpha value is -0.290. The molecule has 0 fully saturated rings. The third-order valence-corrected chi connectivity index (χ3v) is 5.38. The lowest BCUT2D eigenvalue weighted by atomic mass is 10.1. The predicted molar refractivity (Wildman–Crippen MR) is 84.7 cm³/mol. The maximum Gasteiger partial charge on any atom is 0.0646 e. The van der Waals surface area contributed by atoms with Crippen molar-refractivity contribution in [3.05, 3.63) is 45.7 Å². The van der Waals surface area contributed by atoms with Gasteiger partial charge in [-0.1, -0.05) is 46.7 Å². The summed E-state index contributed by atoms with van der Waals surface area (Å²) >= 11 is 7.26. The van der Waals surface area contributed by atoms with Gasteiger partial charge in [0.1, 0.15) is 0 Å². The number of benzene rings is 1. The minimum atomic E-state index is 0.380. The fourth-order valence-electron chi connectivity index (χ4n) is 1.78. The fraction of sp³-hybridized carbons (Fsp3) is 0.286. The third kappa shape index (κ3) is 3.60. The van der Waals surface area contributed by atoms with Gasteiger partial charge in [0.25, 0.3) is 0 Å². The summed E-state index contributed by atoms with van der Waals surface area (Å²) in [5.41, 5.74) is 1.31. The summed E-state index contributed by atoms with van der Waals surface area (Å²) in [5.74, 6) is 0. The van der Waals surface area contributed by atoms with Crippen LogP contribution in [0.5, 0.6) is 0 Å². The van der Waals surface area contributed by atoms with E-state index in [0.29, 0.717) is 6.04 Å². The molecule has 2 aromatic rings. The molecule has 0 aliphatic rings. The molecule has 1 N–H and O–H groups in total. The fourth-order valence-corrected chi connectivity index (χ4v) is 4.44. The molecule has 2 rings (SSSR count). The Labute approximate surface area is 125 Å². The van der Waals surface area contributed by atoms with Crippen LogP contribution in [0.4, 0.5) is 0 Å². The molecule has 0 spiro atoms. The van der Waals surface area contributed by atoms with Gasteiger partial charge in [0.15, 0.2) is 0 Å². The van der Waals surface area contributed by atoms with E-state index in [-0.39, 0.29) is 0 Å². The van der Waals surface area contributed by atoms with Crippen LogP contribution in [0.3, 0.4) is 0 Å². The topological polar surface area (TPSA) is 12.0 Å². The molecule has 1 heterocycles. The molecular formula is C14H16BrNS2. The largest absolute Gasteiger partial charge is 0.310 e. The first kappa shape index (κ1) is 14.1. The van der Waals surface area contributed by atoms with Crippen molar-refractivity contribution in [2.24, 2.45) is 0 Å². The van der Waals surface area contributed by atoms with E-state index in [4.69, 9.17) is 0 Å². The second-order valence-corrected chi connectivity index (χ2v) is 7.17. The minimum Gasteiger partial charge on any atom is -0.310 e. The van der Waals surface area contributed by atoms with Gasteiger partial charge in [-0.05, 0) is 42.6 Å². The van der Waals surface area contributed by atoms with Crippen LogP contribution < -0.4 is 5.32 Å². The van der Waals surface area contributed by atoms with Crippen molar-refractivity contribution in [2.45, 2.75) is 29.0 Å². The highest BCUT2D eigenvalue weighted by Crippen LogP contribution is 2.34. The van der Waals surface area contributed by atoms with Crippen molar-refractivity contribution in [1.29, 1.82) is 0 Å². The van der Waals surface area contributed by atoms with E-state index in [2.05, 4.69) is 70.8 Å². The molecule has 1 atom stereocenters. The summed E-state index contributed by atoms with van der Waals surface area (Å²) in [4.78, 5) is 1.27. The second-order valence-electron chi connectivity index (χ2n) is 4.00. The van der Waals surface area contributed by atoms with E-state index in [1.54, 1.807) is 11.3 Å². The molecule has 18 heavy (non-hydrogen) atoms. The van der Waals surface area contributed by atoms with Gasteiger partial charge in [-0.25, -0.2) is 0 Å². The second kappa shape index (κ2) is 6.75. The average Bonchev–Trinajstić information content (AvgIpc) is 2.82. The molecule has 0 amide bonds. The Morgan fingerprint density at radius 1 is 1.39 bits per heavy atom. The van der Waals surface area contributed by atoms with Crippen molar-refractivity contribution in [3.63, 3.8) is 0 Å². The van der Waals surface area contributed by atoms with Crippen molar-refractivity contribution < 1.29 is 0 Å². The van der Waals surface area contributed by atoms with Crippen LogP contribution in [0.25, 0.3) is 0 Å².